The second-order valence-electron chi connectivity index (χ2n) is 8.11. The van der Waals surface area contributed by atoms with Crippen LogP contribution in [0.1, 0.15) is 31.0 Å². The predicted molar refractivity (Wildman–Crippen MR) is 147 cm³/mol. The summed E-state index contributed by atoms with van der Waals surface area (Å²) in [7, 11) is 6.15. The van der Waals surface area contributed by atoms with E-state index in [1.165, 1.54) is 30.1 Å². The van der Waals surface area contributed by atoms with Crippen LogP contribution in [0.2, 0.25) is 0 Å². The minimum atomic E-state index is -0.825. The highest BCUT2D eigenvalue weighted by molar-refractivity contribution is 9.10. The van der Waals surface area contributed by atoms with Gasteiger partial charge in [-0.05, 0) is 43.7 Å². The molecule has 0 spiro atoms. The molecule has 9 nitrogen and oxygen atoms in total. The Labute approximate surface area is 231 Å². The largest absolute Gasteiger partial charge is 0.493 e. The van der Waals surface area contributed by atoms with Crippen LogP contribution in [0.25, 0.3) is 6.08 Å². The van der Waals surface area contributed by atoms with E-state index in [0.717, 1.165) is 0 Å². The number of thiazole rings is 1. The van der Waals surface area contributed by atoms with Crippen LogP contribution in [-0.2, 0) is 9.53 Å². The van der Waals surface area contributed by atoms with Crippen LogP contribution < -0.4 is 33.8 Å². The smallest absolute Gasteiger partial charge is 0.338 e. The second-order valence-corrected chi connectivity index (χ2v) is 9.98. The highest BCUT2D eigenvalue weighted by Crippen LogP contribution is 2.41. The van der Waals surface area contributed by atoms with Crippen LogP contribution in [0.5, 0.6) is 23.0 Å². The van der Waals surface area contributed by atoms with Crippen molar-refractivity contribution < 1.29 is 28.5 Å². The SMILES string of the molecule is CCOC(=O)C1=C(C)N=c2s/c(=C\c3cccc(OC)c3OC)c(=O)n2[C@@H]1c1cc(OC)c(OC)cc1Br. The summed E-state index contributed by atoms with van der Waals surface area (Å²) in [5.41, 5.74) is 1.69. The van der Waals surface area contributed by atoms with Crippen molar-refractivity contribution in [3.05, 3.63) is 76.9 Å². The summed E-state index contributed by atoms with van der Waals surface area (Å²) >= 11 is 4.82. The minimum Gasteiger partial charge on any atom is -0.493 e. The first-order valence-electron chi connectivity index (χ1n) is 11.6. The van der Waals surface area contributed by atoms with Gasteiger partial charge in [0.2, 0.25) is 0 Å². The summed E-state index contributed by atoms with van der Waals surface area (Å²) in [6.07, 6.45) is 1.73. The van der Waals surface area contributed by atoms with E-state index >= 15 is 0 Å². The maximum Gasteiger partial charge on any atom is 0.338 e. The van der Waals surface area contributed by atoms with Crippen molar-refractivity contribution in [3.8, 4) is 23.0 Å². The van der Waals surface area contributed by atoms with Crippen LogP contribution in [-0.4, -0.2) is 45.6 Å². The Morgan fingerprint density at radius 2 is 1.76 bits per heavy atom. The number of ether oxygens (including phenoxy) is 5. The molecule has 0 fully saturated rings. The first-order valence-corrected chi connectivity index (χ1v) is 13.2. The lowest BCUT2D eigenvalue weighted by Crippen LogP contribution is -2.40. The van der Waals surface area contributed by atoms with E-state index in [2.05, 4.69) is 20.9 Å². The number of para-hydroxylation sites is 1. The van der Waals surface area contributed by atoms with Gasteiger partial charge in [-0.15, -0.1) is 0 Å². The average molecular weight is 603 g/mol. The van der Waals surface area contributed by atoms with Gasteiger partial charge in [0.15, 0.2) is 27.8 Å². The summed E-state index contributed by atoms with van der Waals surface area (Å²) in [5.74, 6) is 1.44. The van der Waals surface area contributed by atoms with Gasteiger partial charge in [0.1, 0.15) is 0 Å². The fourth-order valence-electron chi connectivity index (χ4n) is 4.33. The molecular weight excluding hydrogens is 576 g/mol. The maximum absolute atomic E-state index is 13.9. The molecule has 1 aliphatic rings. The Morgan fingerprint density at radius 1 is 1.08 bits per heavy atom. The number of aromatic nitrogens is 1. The third kappa shape index (κ3) is 4.83. The Kier molecular flexibility index (Phi) is 8.27. The molecule has 0 radical (unpaired) electrons. The summed E-state index contributed by atoms with van der Waals surface area (Å²) in [4.78, 5) is 32.2. The molecule has 38 heavy (non-hydrogen) atoms. The first-order chi connectivity index (χ1) is 18.3. The highest BCUT2D eigenvalue weighted by Gasteiger charge is 2.35. The first kappa shape index (κ1) is 27.5. The van der Waals surface area contributed by atoms with Crippen molar-refractivity contribution in [2.45, 2.75) is 19.9 Å². The highest BCUT2D eigenvalue weighted by atomic mass is 79.9. The number of methoxy groups -OCH3 is 4. The van der Waals surface area contributed by atoms with Crippen molar-refractivity contribution in [3.63, 3.8) is 0 Å². The van der Waals surface area contributed by atoms with Gasteiger partial charge < -0.3 is 23.7 Å². The van der Waals surface area contributed by atoms with Crippen LogP contribution in [0.3, 0.4) is 0 Å². The summed E-state index contributed by atoms with van der Waals surface area (Å²) in [6, 6.07) is 8.08. The van der Waals surface area contributed by atoms with Gasteiger partial charge in [0.25, 0.3) is 5.56 Å². The quantitative estimate of drug-likeness (QED) is 0.363. The second kappa shape index (κ2) is 11.4. The number of esters is 1. The van der Waals surface area contributed by atoms with Gasteiger partial charge >= 0.3 is 5.97 Å². The molecule has 0 N–H and O–H groups in total. The van der Waals surface area contributed by atoms with Crippen molar-refractivity contribution in [2.24, 2.45) is 4.99 Å². The number of rotatable bonds is 8. The average Bonchev–Trinajstić information content (AvgIpc) is 3.21. The topological polar surface area (TPSA) is 97.6 Å². The summed E-state index contributed by atoms with van der Waals surface area (Å²) < 4.78 is 29.8. The minimum absolute atomic E-state index is 0.176. The molecule has 0 unspecified atom stereocenters. The van der Waals surface area contributed by atoms with Gasteiger partial charge in [-0.2, -0.15) is 0 Å². The molecule has 4 rings (SSSR count). The third-order valence-corrected chi connectivity index (χ3v) is 7.70. The van der Waals surface area contributed by atoms with Crippen LogP contribution in [0.4, 0.5) is 0 Å². The standard InChI is InChI=1S/C27H27BrN2O7S/c1-7-37-26(32)22-14(2)29-27-30(23(22)16-12-19(34-4)20(35-5)13-17(16)28)25(31)21(38-27)11-15-9-8-10-18(33-3)24(15)36-6/h8-13,23H,7H2,1-6H3/b21-11-/t23-/m1/s1. The molecule has 0 bridgehead atoms. The normalized spacial score (nSPS) is 15.0. The van der Waals surface area contributed by atoms with Gasteiger partial charge in [-0.1, -0.05) is 39.4 Å². The number of fused-ring (bicyclic) bond motifs is 1. The van der Waals surface area contributed by atoms with Gasteiger partial charge in [0, 0.05) is 10.0 Å². The van der Waals surface area contributed by atoms with Crippen LogP contribution >= 0.6 is 27.3 Å². The summed E-state index contributed by atoms with van der Waals surface area (Å²) in [6.45, 7) is 3.64. The molecule has 1 atom stereocenters. The molecular formula is C27H27BrN2O7S. The van der Waals surface area contributed by atoms with Crippen LogP contribution in [0.15, 0.2) is 55.9 Å². The zero-order valence-electron chi connectivity index (χ0n) is 21.8. The predicted octanol–water partition coefficient (Wildman–Crippen LogP) is 3.60. The van der Waals surface area contributed by atoms with E-state index in [1.54, 1.807) is 52.3 Å². The van der Waals surface area contributed by atoms with Crippen molar-refractivity contribution in [1.29, 1.82) is 0 Å². The van der Waals surface area contributed by atoms with E-state index in [1.807, 2.05) is 12.1 Å². The van der Waals surface area contributed by atoms with E-state index in [9.17, 15) is 9.59 Å². The van der Waals surface area contributed by atoms with E-state index in [4.69, 9.17) is 23.7 Å². The molecule has 2 heterocycles. The Morgan fingerprint density at radius 3 is 2.39 bits per heavy atom. The Balaban J connectivity index is 2.03. The molecule has 11 heteroatoms. The molecule has 1 aliphatic heterocycles. The number of halogens is 1. The molecule has 2 aromatic carbocycles. The number of benzene rings is 2. The molecule has 1 aromatic heterocycles. The van der Waals surface area contributed by atoms with Gasteiger partial charge in [0.05, 0.1) is 56.9 Å². The summed E-state index contributed by atoms with van der Waals surface area (Å²) in [5, 5.41) is 0. The number of carbonyl (C=O) groups excluding carboxylic acids is 1. The molecule has 0 saturated carbocycles. The number of carbonyl (C=O) groups is 1. The van der Waals surface area contributed by atoms with Crippen molar-refractivity contribution in [1.82, 2.24) is 4.57 Å². The van der Waals surface area contributed by atoms with Crippen molar-refractivity contribution in [2.75, 3.05) is 35.0 Å². The lowest BCUT2D eigenvalue weighted by atomic mass is 9.95. The molecule has 200 valence electrons. The lowest BCUT2D eigenvalue weighted by molar-refractivity contribution is -0.139. The number of nitrogens with zero attached hydrogens (tertiary/aromatic N) is 2. The third-order valence-electron chi connectivity index (χ3n) is 6.03. The molecule has 3 aromatic rings. The number of hydrogen-bond acceptors (Lipinski definition) is 9. The number of allylic oxidation sites excluding steroid dienone is 1. The molecule has 0 amide bonds. The zero-order valence-corrected chi connectivity index (χ0v) is 24.2. The van der Waals surface area contributed by atoms with Gasteiger partial charge in [-0.25, -0.2) is 9.79 Å². The lowest BCUT2D eigenvalue weighted by Gasteiger charge is -2.26. The fourth-order valence-corrected chi connectivity index (χ4v) is 5.91. The van der Waals surface area contributed by atoms with Crippen LogP contribution in [0, 0.1) is 0 Å². The zero-order chi connectivity index (χ0) is 27.6. The van der Waals surface area contributed by atoms with Crippen molar-refractivity contribution >= 4 is 39.3 Å². The molecule has 0 saturated heterocycles. The fraction of sp³-hybridized carbons (Fsp3) is 0.296. The monoisotopic (exact) mass is 602 g/mol. The van der Waals surface area contributed by atoms with E-state index < -0.39 is 12.0 Å². The Hall–Kier alpha value is -3.57. The molecule has 0 aliphatic carbocycles. The number of hydrogen-bond donors (Lipinski definition) is 0. The Bertz CT molecular complexity index is 1610. The maximum atomic E-state index is 13.9. The van der Waals surface area contributed by atoms with E-state index in [0.29, 0.717) is 53.6 Å². The van der Waals surface area contributed by atoms with E-state index in [-0.39, 0.29) is 17.7 Å². The van der Waals surface area contributed by atoms with Gasteiger partial charge in [-0.3, -0.25) is 9.36 Å².